The molecule has 1 aromatic heterocycles. The molecule has 3 rings (SSSR count). The molecule has 2 aromatic carbocycles. The van der Waals surface area contributed by atoms with Gasteiger partial charge in [0.05, 0.1) is 0 Å². The van der Waals surface area contributed by atoms with E-state index < -0.39 is 0 Å². The molecule has 0 saturated heterocycles. The molecular weight excluding hydrogens is 421 g/mol. The van der Waals surface area contributed by atoms with Crippen LogP contribution >= 0.6 is 57.9 Å². The van der Waals surface area contributed by atoms with E-state index in [1.807, 2.05) is 6.07 Å². The number of hydrogen-bond acceptors (Lipinski definition) is 5. The van der Waals surface area contributed by atoms with Crippen LogP contribution < -0.4 is 5.32 Å². The maximum absolute atomic E-state index is 12.2. The van der Waals surface area contributed by atoms with Crippen LogP contribution in [0.3, 0.4) is 0 Å². The van der Waals surface area contributed by atoms with E-state index in [1.165, 1.54) is 23.1 Å². The van der Waals surface area contributed by atoms with Crippen LogP contribution in [-0.4, -0.2) is 16.1 Å². The number of amides is 1. The number of carbonyl (C=O) groups is 1. The van der Waals surface area contributed by atoms with Crippen molar-refractivity contribution in [2.75, 3.05) is 5.32 Å². The standard InChI is InChI=1S/C16H10Cl3N3OS2/c17-11-3-1-2-9(6-11)14(23)20-15-21-22-16(25-15)24-8-10-4-5-12(18)7-13(10)19/h1-7H,8H2,(H,20,21,23). The fourth-order valence-electron chi connectivity index (χ4n) is 1.90. The third-order valence-electron chi connectivity index (χ3n) is 3.08. The van der Waals surface area contributed by atoms with Crippen molar-refractivity contribution in [3.05, 3.63) is 68.7 Å². The molecule has 128 valence electrons. The van der Waals surface area contributed by atoms with Gasteiger partial charge in [-0.05, 0) is 35.9 Å². The van der Waals surface area contributed by atoms with E-state index in [0.29, 0.717) is 31.5 Å². The molecule has 0 atom stereocenters. The van der Waals surface area contributed by atoms with Gasteiger partial charge in [-0.15, -0.1) is 10.2 Å². The average molecular weight is 431 g/mol. The molecule has 9 heteroatoms. The number of thioether (sulfide) groups is 1. The number of nitrogens with one attached hydrogen (secondary N) is 1. The molecule has 0 fully saturated rings. The van der Waals surface area contributed by atoms with Crippen molar-refractivity contribution >= 4 is 68.9 Å². The van der Waals surface area contributed by atoms with Crippen LogP contribution in [0.25, 0.3) is 0 Å². The minimum absolute atomic E-state index is 0.282. The monoisotopic (exact) mass is 429 g/mol. The summed E-state index contributed by atoms with van der Waals surface area (Å²) in [5.41, 5.74) is 1.42. The lowest BCUT2D eigenvalue weighted by molar-refractivity contribution is 0.102. The molecule has 4 nitrogen and oxygen atoms in total. The van der Waals surface area contributed by atoms with Crippen LogP contribution in [0.15, 0.2) is 46.8 Å². The van der Waals surface area contributed by atoms with Crippen LogP contribution in [0, 0.1) is 0 Å². The minimum Gasteiger partial charge on any atom is -0.296 e. The number of rotatable bonds is 5. The van der Waals surface area contributed by atoms with Crippen molar-refractivity contribution in [3.8, 4) is 0 Å². The number of hydrogen-bond donors (Lipinski definition) is 1. The predicted octanol–water partition coefficient (Wildman–Crippen LogP) is 6.04. The van der Waals surface area contributed by atoms with Crippen molar-refractivity contribution in [2.45, 2.75) is 10.1 Å². The highest BCUT2D eigenvalue weighted by atomic mass is 35.5. The van der Waals surface area contributed by atoms with E-state index in [0.717, 1.165) is 9.90 Å². The van der Waals surface area contributed by atoms with Crippen LogP contribution in [0.1, 0.15) is 15.9 Å². The molecule has 3 aromatic rings. The second-order valence-corrected chi connectivity index (χ2v) is 8.34. The molecule has 0 aliphatic carbocycles. The Bertz CT molecular complexity index is 917. The maximum atomic E-state index is 12.2. The quantitative estimate of drug-likeness (QED) is 0.396. The van der Waals surface area contributed by atoms with Gasteiger partial charge < -0.3 is 0 Å². The molecule has 1 amide bonds. The summed E-state index contributed by atoms with van der Waals surface area (Å²) in [7, 11) is 0. The van der Waals surface area contributed by atoms with Crippen molar-refractivity contribution in [1.82, 2.24) is 10.2 Å². The second kappa shape index (κ2) is 8.38. The van der Waals surface area contributed by atoms with Crippen molar-refractivity contribution < 1.29 is 4.79 Å². The Balaban J connectivity index is 1.61. The molecule has 0 aliphatic rings. The van der Waals surface area contributed by atoms with Crippen LogP contribution in [0.4, 0.5) is 5.13 Å². The van der Waals surface area contributed by atoms with Gasteiger partial charge in [-0.2, -0.15) is 0 Å². The lowest BCUT2D eigenvalue weighted by Gasteiger charge is -2.02. The molecule has 0 unspecified atom stereocenters. The van der Waals surface area contributed by atoms with Gasteiger partial charge in [-0.25, -0.2) is 0 Å². The lowest BCUT2D eigenvalue weighted by Crippen LogP contribution is -2.11. The lowest BCUT2D eigenvalue weighted by atomic mass is 10.2. The van der Waals surface area contributed by atoms with Gasteiger partial charge in [0.2, 0.25) is 5.13 Å². The summed E-state index contributed by atoms with van der Waals surface area (Å²) < 4.78 is 0.729. The number of aromatic nitrogens is 2. The summed E-state index contributed by atoms with van der Waals surface area (Å²) in [4.78, 5) is 12.2. The van der Waals surface area contributed by atoms with Crippen molar-refractivity contribution in [1.29, 1.82) is 0 Å². The molecule has 1 heterocycles. The zero-order valence-electron chi connectivity index (χ0n) is 12.5. The number of anilines is 1. The first kappa shape index (κ1) is 18.5. The molecule has 0 spiro atoms. The summed E-state index contributed by atoms with van der Waals surface area (Å²) in [5, 5.41) is 12.9. The molecular formula is C16H10Cl3N3OS2. The summed E-state index contributed by atoms with van der Waals surface area (Å²) >= 11 is 20.7. The zero-order chi connectivity index (χ0) is 17.8. The normalized spacial score (nSPS) is 10.7. The Morgan fingerprint density at radius 1 is 1.08 bits per heavy atom. The topological polar surface area (TPSA) is 54.9 Å². The van der Waals surface area contributed by atoms with Gasteiger partial charge in [0.1, 0.15) is 0 Å². The molecule has 1 N–H and O–H groups in total. The van der Waals surface area contributed by atoms with Gasteiger partial charge in [-0.3, -0.25) is 10.1 Å². The minimum atomic E-state index is -0.282. The Morgan fingerprint density at radius 2 is 1.88 bits per heavy atom. The number of halogens is 3. The van der Waals surface area contributed by atoms with Crippen LogP contribution in [0.5, 0.6) is 0 Å². The van der Waals surface area contributed by atoms with E-state index in [2.05, 4.69) is 15.5 Å². The molecule has 25 heavy (non-hydrogen) atoms. The van der Waals surface area contributed by atoms with E-state index >= 15 is 0 Å². The number of carbonyl (C=O) groups excluding carboxylic acids is 1. The SMILES string of the molecule is O=C(Nc1nnc(SCc2ccc(Cl)cc2Cl)s1)c1cccc(Cl)c1. The third kappa shape index (κ3) is 5.09. The third-order valence-corrected chi connectivity index (χ3v) is 5.92. The molecule has 0 saturated carbocycles. The second-order valence-electron chi connectivity index (χ2n) is 4.86. The Hall–Kier alpha value is -1.31. The Kier molecular flexibility index (Phi) is 6.19. The highest BCUT2D eigenvalue weighted by molar-refractivity contribution is 8.00. The summed E-state index contributed by atoms with van der Waals surface area (Å²) in [6, 6.07) is 12.1. The van der Waals surface area contributed by atoms with Gasteiger partial charge in [0.25, 0.3) is 5.91 Å². The highest BCUT2D eigenvalue weighted by Crippen LogP contribution is 2.31. The maximum Gasteiger partial charge on any atom is 0.257 e. The van der Waals surface area contributed by atoms with Crippen molar-refractivity contribution in [2.24, 2.45) is 0 Å². The number of nitrogens with zero attached hydrogens (tertiary/aromatic N) is 2. The summed E-state index contributed by atoms with van der Waals surface area (Å²) in [5.74, 6) is 0.350. The first-order chi connectivity index (χ1) is 12.0. The molecule has 0 bridgehead atoms. The zero-order valence-corrected chi connectivity index (χ0v) is 16.4. The smallest absolute Gasteiger partial charge is 0.257 e. The van der Waals surface area contributed by atoms with Gasteiger partial charge in [0.15, 0.2) is 4.34 Å². The first-order valence-electron chi connectivity index (χ1n) is 6.98. The van der Waals surface area contributed by atoms with Crippen LogP contribution in [0.2, 0.25) is 15.1 Å². The highest BCUT2D eigenvalue weighted by Gasteiger charge is 2.11. The van der Waals surface area contributed by atoms with Gasteiger partial charge in [-0.1, -0.05) is 70.0 Å². The fourth-order valence-corrected chi connectivity index (χ4v) is 4.39. The van der Waals surface area contributed by atoms with Crippen molar-refractivity contribution in [3.63, 3.8) is 0 Å². The molecule has 0 radical (unpaired) electrons. The average Bonchev–Trinajstić information content (AvgIpc) is 3.01. The van der Waals surface area contributed by atoms with Crippen LogP contribution in [-0.2, 0) is 5.75 Å². The van der Waals surface area contributed by atoms with E-state index in [1.54, 1.807) is 36.4 Å². The van der Waals surface area contributed by atoms with Gasteiger partial charge >= 0.3 is 0 Å². The van der Waals surface area contributed by atoms with E-state index in [9.17, 15) is 4.79 Å². The van der Waals surface area contributed by atoms with E-state index in [4.69, 9.17) is 34.8 Å². The largest absolute Gasteiger partial charge is 0.296 e. The summed E-state index contributed by atoms with van der Waals surface area (Å²) in [6.45, 7) is 0. The fraction of sp³-hybridized carbons (Fsp3) is 0.0625. The van der Waals surface area contributed by atoms with Gasteiger partial charge in [0, 0.05) is 26.4 Å². The summed E-state index contributed by atoms with van der Waals surface area (Å²) in [6.07, 6.45) is 0. The Labute approximate surface area is 167 Å². The first-order valence-corrected chi connectivity index (χ1v) is 9.92. The predicted molar refractivity (Wildman–Crippen MR) is 105 cm³/mol. The Morgan fingerprint density at radius 3 is 2.64 bits per heavy atom. The van der Waals surface area contributed by atoms with E-state index in [-0.39, 0.29) is 5.91 Å². The number of benzene rings is 2. The molecule has 0 aliphatic heterocycles.